The Labute approximate surface area is 129 Å². The molecule has 1 aromatic rings. The highest BCUT2D eigenvalue weighted by Gasteiger charge is 2.59. The molecule has 0 atom stereocenters. The minimum atomic E-state index is -3.34. The van der Waals surface area contributed by atoms with Gasteiger partial charge in [-0.05, 0) is 38.5 Å². The Morgan fingerprint density at radius 2 is 2.00 bits per heavy atom. The van der Waals surface area contributed by atoms with E-state index in [-0.39, 0.29) is 5.91 Å². The fourth-order valence-corrected chi connectivity index (χ4v) is 5.48. The van der Waals surface area contributed by atoms with Crippen molar-refractivity contribution in [2.75, 3.05) is 13.3 Å². The maximum atomic E-state index is 12.4. The number of rotatable bonds is 4. The lowest BCUT2D eigenvalue weighted by Gasteiger charge is -2.21. The lowest BCUT2D eigenvalue weighted by molar-refractivity contribution is -0.130. The van der Waals surface area contributed by atoms with Gasteiger partial charge in [-0.25, -0.2) is 13.4 Å². The maximum Gasteiger partial charge on any atom is 0.244 e. The van der Waals surface area contributed by atoms with Crippen LogP contribution in [0.4, 0.5) is 0 Å². The molecule has 2 aliphatic rings. The zero-order valence-electron chi connectivity index (χ0n) is 12.4. The van der Waals surface area contributed by atoms with E-state index in [9.17, 15) is 13.2 Å². The molecule has 7 heteroatoms. The molecule has 0 aromatic carbocycles. The molecule has 1 fully saturated rings. The predicted octanol–water partition coefficient (Wildman–Crippen LogP) is 1.56. The molecule has 1 saturated carbocycles. The van der Waals surface area contributed by atoms with Crippen LogP contribution in [0.1, 0.15) is 41.3 Å². The van der Waals surface area contributed by atoms with E-state index in [1.54, 1.807) is 18.4 Å². The molecule has 1 heterocycles. The maximum absolute atomic E-state index is 12.4. The van der Waals surface area contributed by atoms with Crippen LogP contribution in [0.3, 0.4) is 0 Å². The van der Waals surface area contributed by atoms with Crippen LogP contribution in [0.5, 0.6) is 0 Å². The van der Waals surface area contributed by atoms with Gasteiger partial charge in [0.25, 0.3) is 0 Å². The first-order chi connectivity index (χ1) is 9.83. The molecule has 1 aromatic heterocycles. The van der Waals surface area contributed by atoms with E-state index >= 15 is 0 Å². The van der Waals surface area contributed by atoms with Crippen LogP contribution in [0.15, 0.2) is 0 Å². The average molecular weight is 328 g/mol. The van der Waals surface area contributed by atoms with E-state index in [2.05, 4.69) is 4.98 Å². The minimum absolute atomic E-state index is 0.279. The molecule has 116 valence electrons. The fraction of sp³-hybridized carbons (Fsp3) is 0.714. The van der Waals surface area contributed by atoms with Gasteiger partial charge in [0.05, 0.1) is 12.2 Å². The molecule has 0 aliphatic heterocycles. The molecule has 0 bridgehead atoms. The smallest absolute Gasteiger partial charge is 0.244 e. The van der Waals surface area contributed by atoms with Crippen molar-refractivity contribution < 1.29 is 13.2 Å². The first-order valence-corrected chi connectivity index (χ1v) is 9.97. The van der Waals surface area contributed by atoms with E-state index in [1.165, 1.54) is 28.3 Å². The summed E-state index contributed by atoms with van der Waals surface area (Å²) in [5.41, 5.74) is 1.17. The Kier molecular flexibility index (Phi) is 3.60. The molecule has 0 spiro atoms. The van der Waals surface area contributed by atoms with Crippen LogP contribution in [0, 0.1) is 0 Å². The number of sulfone groups is 1. The predicted molar refractivity (Wildman–Crippen MR) is 82.0 cm³/mol. The van der Waals surface area contributed by atoms with Gasteiger partial charge >= 0.3 is 0 Å². The molecule has 0 unspecified atom stereocenters. The number of hydrogen-bond acceptors (Lipinski definition) is 5. The van der Waals surface area contributed by atoms with Gasteiger partial charge in [-0.2, -0.15) is 0 Å². The van der Waals surface area contributed by atoms with Crippen molar-refractivity contribution in [1.29, 1.82) is 0 Å². The number of thiazole rings is 1. The van der Waals surface area contributed by atoms with Gasteiger partial charge in [-0.3, -0.25) is 4.79 Å². The highest BCUT2D eigenvalue weighted by Crippen LogP contribution is 2.44. The summed E-state index contributed by atoms with van der Waals surface area (Å²) in [6.45, 7) is 0.410. The molecule has 0 radical (unpaired) electrons. The molecule has 1 amide bonds. The van der Waals surface area contributed by atoms with Crippen molar-refractivity contribution in [2.24, 2.45) is 0 Å². The summed E-state index contributed by atoms with van der Waals surface area (Å²) < 4.78 is 22.5. The van der Waals surface area contributed by atoms with Gasteiger partial charge < -0.3 is 4.90 Å². The van der Waals surface area contributed by atoms with Crippen molar-refractivity contribution >= 4 is 27.1 Å². The molecule has 3 rings (SSSR count). The van der Waals surface area contributed by atoms with Crippen molar-refractivity contribution in [3.05, 3.63) is 15.6 Å². The third-order valence-electron chi connectivity index (χ3n) is 4.41. The lowest BCUT2D eigenvalue weighted by Crippen LogP contribution is -2.42. The Morgan fingerprint density at radius 3 is 2.57 bits per heavy atom. The Bertz CT molecular complexity index is 651. The van der Waals surface area contributed by atoms with E-state index in [4.69, 9.17) is 0 Å². The Balaban J connectivity index is 1.73. The molecule has 0 N–H and O–H groups in total. The van der Waals surface area contributed by atoms with E-state index in [0.29, 0.717) is 19.4 Å². The molecule has 5 nitrogen and oxygen atoms in total. The Morgan fingerprint density at radius 1 is 1.33 bits per heavy atom. The number of aromatic nitrogens is 1. The second-order valence-electron chi connectivity index (χ2n) is 6.11. The normalized spacial score (nSPS) is 19.9. The number of nitrogens with zero attached hydrogens (tertiary/aromatic N) is 2. The van der Waals surface area contributed by atoms with Crippen LogP contribution in [0.25, 0.3) is 0 Å². The molecular weight excluding hydrogens is 308 g/mol. The third kappa shape index (κ3) is 2.61. The van der Waals surface area contributed by atoms with Crippen LogP contribution >= 0.6 is 11.3 Å². The van der Waals surface area contributed by atoms with Crippen molar-refractivity contribution in [1.82, 2.24) is 9.88 Å². The van der Waals surface area contributed by atoms with Crippen molar-refractivity contribution in [3.63, 3.8) is 0 Å². The molecule has 0 saturated heterocycles. The average Bonchev–Trinajstić information content (AvgIpc) is 3.13. The van der Waals surface area contributed by atoms with Gasteiger partial charge in [0.2, 0.25) is 5.91 Å². The number of fused-ring (bicyclic) bond motifs is 1. The number of carbonyl (C=O) groups is 1. The zero-order valence-corrected chi connectivity index (χ0v) is 14.0. The third-order valence-corrected chi connectivity index (χ3v) is 7.56. The van der Waals surface area contributed by atoms with Crippen molar-refractivity contribution in [2.45, 2.75) is 49.8 Å². The molecule has 2 aliphatic carbocycles. The van der Waals surface area contributed by atoms with E-state index < -0.39 is 14.6 Å². The summed E-state index contributed by atoms with van der Waals surface area (Å²) in [7, 11) is -1.66. The Hall–Kier alpha value is -0.950. The van der Waals surface area contributed by atoms with Gasteiger partial charge in [0.15, 0.2) is 14.6 Å². The van der Waals surface area contributed by atoms with Gasteiger partial charge in [-0.15, -0.1) is 11.3 Å². The zero-order chi connectivity index (χ0) is 15.3. The number of amides is 1. The number of aryl methyl sites for hydroxylation is 2. The first-order valence-electron chi connectivity index (χ1n) is 7.26. The summed E-state index contributed by atoms with van der Waals surface area (Å²) in [5, 5.41) is 0.919. The quantitative estimate of drug-likeness (QED) is 0.841. The van der Waals surface area contributed by atoms with Crippen LogP contribution in [0.2, 0.25) is 0 Å². The summed E-state index contributed by atoms with van der Waals surface area (Å²) >= 11 is 1.67. The van der Waals surface area contributed by atoms with Gasteiger partial charge in [-0.1, -0.05) is 0 Å². The van der Waals surface area contributed by atoms with Crippen LogP contribution < -0.4 is 0 Å². The van der Waals surface area contributed by atoms with Crippen LogP contribution in [-0.4, -0.2) is 42.3 Å². The summed E-state index contributed by atoms with van der Waals surface area (Å²) in [5.74, 6) is -0.279. The fourth-order valence-electron chi connectivity index (χ4n) is 2.95. The highest BCUT2D eigenvalue weighted by molar-refractivity contribution is 7.93. The number of carbonyl (C=O) groups excluding carboxylic acids is 1. The monoisotopic (exact) mass is 328 g/mol. The topological polar surface area (TPSA) is 67.3 Å². The standard InChI is InChI=1S/C14H20N2O3S2/c1-16(13(17)14(7-8-14)21(2,18)19)9-12-15-10-5-3-4-6-11(10)20-12/h3-9H2,1-2H3. The van der Waals surface area contributed by atoms with E-state index in [0.717, 1.165) is 24.1 Å². The SMILES string of the molecule is CN(Cc1nc2c(s1)CCCC2)C(=O)C1(S(C)(=O)=O)CC1. The van der Waals surface area contributed by atoms with Crippen LogP contribution in [-0.2, 0) is 34.0 Å². The van der Waals surface area contributed by atoms with Gasteiger partial charge in [0, 0.05) is 18.2 Å². The van der Waals surface area contributed by atoms with Crippen molar-refractivity contribution in [3.8, 4) is 0 Å². The van der Waals surface area contributed by atoms with E-state index in [1.807, 2.05) is 0 Å². The first kappa shape index (κ1) is 15.0. The summed E-state index contributed by atoms with van der Waals surface area (Å²) in [6.07, 6.45) is 6.55. The lowest BCUT2D eigenvalue weighted by atomic mass is 10.0. The van der Waals surface area contributed by atoms with Gasteiger partial charge in [0.1, 0.15) is 5.01 Å². The minimum Gasteiger partial charge on any atom is -0.338 e. The highest BCUT2D eigenvalue weighted by atomic mass is 32.2. The second-order valence-corrected chi connectivity index (χ2v) is 9.61. The number of hydrogen-bond donors (Lipinski definition) is 0. The summed E-state index contributed by atoms with van der Waals surface area (Å²) in [4.78, 5) is 19.9. The molecular formula is C14H20N2O3S2. The summed E-state index contributed by atoms with van der Waals surface area (Å²) in [6, 6.07) is 0. The largest absolute Gasteiger partial charge is 0.338 e. The molecule has 21 heavy (non-hydrogen) atoms. The second kappa shape index (κ2) is 5.05.